The van der Waals surface area contributed by atoms with Crippen molar-refractivity contribution in [2.24, 2.45) is 0 Å². The number of carbonyl (C=O) groups excluding carboxylic acids is 3. The van der Waals surface area contributed by atoms with Crippen LogP contribution in [0, 0.1) is 0 Å². The number of benzene rings is 1. The number of alkyl halides is 3. The van der Waals surface area contributed by atoms with E-state index in [4.69, 9.17) is 4.74 Å². The summed E-state index contributed by atoms with van der Waals surface area (Å²) >= 11 is 1.68. The lowest BCUT2D eigenvalue weighted by atomic mass is 10.0. The smallest absolute Gasteiger partial charge is 0.427 e. The predicted molar refractivity (Wildman–Crippen MR) is 129 cm³/mol. The third kappa shape index (κ3) is 6.74. The molecular formula is C23H23F3N4O4S2. The average molecular weight is 541 g/mol. The Hall–Kier alpha value is -3.16. The van der Waals surface area contributed by atoms with E-state index < -0.39 is 17.1 Å². The van der Waals surface area contributed by atoms with Gasteiger partial charge in [-0.15, -0.1) is 22.7 Å². The molecule has 1 N–H and O–H groups in total. The highest BCUT2D eigenvalue weighted by Crippen LogP contribution is 2.38. The number of halogens is 3. The zero-order chi connectivity index (χ0) is 26.3. The lowest BCUT2D eigenvalue weighted by molar-refractivity contribution is -0.134. The fourth-order valence-corrected chi connectivity index (χ4v) is 5.07. The van der Waals surface area contributed by atoms with Gasteiger partial charge in [0, 0.05) is 37.3 Å². The normalized spacial score (nSPS) is 12.4. The number of nitrogens with one attached hydrogen (secondary N) is 1. The van der Waals surface area contributed by atoms with Crippen molar-refractivity contribution in [3.8, 4) is 15.8 Å². The number of aromatic nitrogens is 2. The van der Waals surface area contributed by atoms with Crippen molar-refractivity contribution in [2.45, 2.75) is 38.2 Å². The van der Waals surface area contributed by atoms with Gasteiger partial charge in [0.05, 0.1) is 17.1 Å². The Kier molecular flexibility index (Phi) is 9.29. The van der Waals surface area contributed by atoms with Gasteiger partial charge >= 0.3 is 6.18 Å². The molecule has 2 heterocycles. The molecule has 0 saturated heterocycles. The van der Waals surface area contributed by atoms with Gasteiger partial charge in [0.2, 0.25) is 5.91 Å². The van der Waals surface area contributed by atoms with Crippen molar-refractivity contribution in [1.82, 2.24) is 20.2 Å². The minimum absolute atomic E-state index is 0.0677. The summed E-state index contributed by atoms with van der Waals surface area (Å²) in [5.74, 6) is 0.166. The summed E-state index contributed by atoms with van der Waals surface area (Å²) < 4.78 is 44.5. The molecule has 0 aliphatic rings. The van der Waals surface area contributed by atoms with Crippen LogP contribution in [0.3, 0.4) is 0 Å². The number of hydrogen-bond acceptors (Lipinski definition) is 9. The van der Waals surface area contributed by atoms with E-state index in [0.29, 0.717) is 50.8 Å². The van der Waals surface area contributed by atoms with E-state index in [0.717, 1.165) is 23.8 Å². The molecule has 0 fully saturated rings. The van der Waals surface area contributed by atoms with E-state index in [-0.39, 0.29) is 30.5 Å². The highest BCUT2D eigenvalue weighted by Gasteiger charge is 2.33. The summed E-state index contributed by atoms with van der Waals surface area (Å²) in [5.41, 5.74) is 0.951. The van der Waals surface area contributed by atoms with Gasteiger partial charge in [0.25, 0.3) is 0 Å². The van der Waals surface area contributed by atoms with E-state index in [1.165, 1.54) is 13.2 Å². The molecule has 8 nitrogen and oxygen atoms in total. The number of aldehydes is 2. The van der Waals surface area contributed by atoms with E-state index in [9.17, 15) is 27.6 Å². The number of hydrogen-bond donors (Lipinski definition) is 1. The molecule has 0 spiro atoms. The Morgan fingerprint density at radius 3 is 2.56 bits per heavy atom. The predicted octanol–water partition coefficient (Wildman–Crippen LogP) is 4.20. The number of rotatable bonds is 12. The average Bonchev–Trinajstić information content (AvgIpc) is 3.53. The van der Waals surface area contributed by atoms with Gasteiger partial charge in [0.15, 0.2) is 16.3 Å². The number of amides is 1. The largest absolute Gasteiger partial charge is 0.488 e. The molecule has 0 aliphatic carbocycles. The molecule has 0 bridgehead atoms. The summed E-state index contributed by atoms with van der Waals surface area (Å²) in [5, 5.41) is 3.10. The maximum atomic E-state index is 12.9. The molecule has 2 aromatic heterocycles. The maximum absolute atomic E-state index is 12.9. The Morgan fingerprint density at radius 1 is 1.19 bits per heavy atom. The molecule has 3 rings (SSSR count). The van der Waals surface area contributed by atoms with Crippen LogP contribution in [-0.2, 0) is 28.9 Å². The number of likely N-dealkylation sites (N-methyl/N-ethyl adjacent to an activating group) is 2. The molecule has 0 aliphatic heterocycles. The number of thiazole rings is 2. The van der Waals surface area contributed by atoms with Crippen molar-refractivity contribution < 1.29 is 32.3 Å². The molecule has 3 aromatic rings. The van der Waals surface area contributed by atoms with Crippen LogP contribution in [0.1, 0.15) is 38.5 Å². The molecule has 1 amide bonds. The quantitative estimate of drug-likeness (QED) is 0.344. The van der Waals surface area contributed by atoms with Crippen molar-refractivity contribution in [2.75, 3.05) is 14.1 Å². The Morgan fingerprint density at radius 2 is 1.92 bits per heavy atom. The molecule has 13 heteroatoms. The summed E-state index contributed by atoms with van der Waals surface area (Å²) in [4.78, 5) is 44.5. The zero-order valence-electron chi connectivity index (χ0n) is 19.4. The summed E-state index contributed by atoms with van der Waals surface area (Å²) in [6.07, 6.45) is -0.208. The van der Waals surface area contributed by atoms with Crippen LogP contribution in [0.4, 0.5) is 13.2 Å². The van der Waals surface area contributed by atoms with E-state index in [2.05, 4.69) is 15.3 Å². The number of nitrogens with zero attached hydrogens (tertiary/aromatic N) is 3. The highest BCUT2D eigenvalue weighted by atomic mass is 32.1. The summed E-state index contributed by atoms with van der Waals surface area (Å²) in [6, 6.07) is 4.40. The first kappa shape index (κ1) is 27.4. The maximum Gasteiger partial charge on any atom is 0.427 e. The summed E-state index contributed by atoms with van der Waals surface area (Å²) in [7, 11) is 3.23. The second kappa shape index (κ2) is 12.2. The van der Waals surface area contributed by atoms with Crippen molar-refractivity contribution in [3.63, 3.8) is 0 Å². The van der Waals surface area contributed by atoms with Crippen LogP contribution in [0.5, 0.6) is 5.75 Å². The lowest BCUT2D eigenvalue weighted by Gasteiger charge is -2.27. The van der Waals surface area contributed by atoms with Gasteiger partial charge in [-0.25, -0.2) is 9.97 Å². The van der Waals surface area contributed by atoms with Gasteiger partial charge in [0.1, 0.15) is 23.5 Å². The van der Waals surface area contributed by atoms with Crippen LogP contribution >= 0.6 is 22.7 Å². The SMILES string of the molecule is CNC(=O)C(CCC=O)N(C)Cc1c(C=O)cccc1OCc1cnc(-c2ncc(C(F)(F)F)s2)s1. The monoisotopic (exact) mass is 540 g/mol. The van der Waals surface area contributed by atoms with Crippen LogP contribution in [-0.4, -0.2) is 53.5 Å². The first-order valence-electron chi connectivity index (χ1n) is 10.7. The summed E-state index contributed by atoms with van der Waals surface area (Å²) in [6.45, 7) is 0.271. The van der Waals surface area contributed by atoms with Crippen molar-refractivity contribution in [1.29, 1.82) is 0 Å². The standard InChI is InChI=1S/C23H23F3N4O4S2/c1-27-20(33)17(6-4-8-31)30(2)11-16-14(12-32)5-3-7-18(16)34-13-15-9-28-21(35-15)22-29-10-19(36-22)23(24,25)26/h3,5,7-10,12,17H,4,6,11,13H2,1-2H3,(H,27,33). The van der Waals surface area contributed by atoms with Gasteiger partial charge < -0.3 is 14.8 Å². The second-order valence-corrected chi connectivity index (χ2v) is 9.82. The van der Waals surface area contributed by atoms with Crippen LogP contribution in [0.15, 0.2) is 30.6 Å². The van der Waals surface area contributed by atoms with E-state index in [1.54, 1.807) is 30.1 Å². The van der Waals surface area contributed by atoms with E-state index in [1.807, 2.05) is 0 Å². The van der Waals surface area contributed by atoms with Gasteiger partial charge in [-0.1, -0.05) is 12.1 Å². The molecular weight excluding hydrogens is 517 g/mol. The molecule has 192 valence electrons. The Bertz CT molecular complexity index is 1210. The first-order chi connectivity index (χ1) is 17.2. The zero-order valence-corrected chi connectivity index (χ0v) is 21.0. The first-order valence-corrected chi connectivity index (χ1v) is 12.3. The molecule has 0 saturated carbocycles. The number of carbonyl (C=O) groups is 3. The third-order valence-corrected chi connectivity index (χ3v) is 7.39. The minimum Gasteiger partial charge on any atom is -0.488 e. The van der Waals surface area contributed by atoms with Crippen molar-refractivity contribution >= 4 is 41.2 Å². The molecule has 1 aromatic carbocycles. The van der Waals surface area contributed by atoms with Crippen LogP contribution in [0.2, 0.25) is 0 Å². The molecule has 0 radical (unpaired) electrons. The molecule has 1 atom stereocenters. The molecule has 36 heavy (non-hydrogen) atoms. The van der Waals surface area contributed by atoms with Gasteiger partial charge in [-0.2, -0.15) is 13.2 Å². The fourth-order valence-electron chi connectivity index (χ4n) is 3.43. The lowest BCUT2D eigenvalue weighted by Crippen LogP contribution is -2.43. The van der Waals surface area contributed by atoms with Crippen LogP contribution in [0.25, 0.3) is 10.0 Å². The number of ether oxygens (including phenoxy) is 1. The Balaban J connectivity index is 1.76. The van der Waals surface area contributed by atoms with E-state index >= 15 is 0 Å². The topological polar surface area (TPSA) is 101 Å². The van der Waals surface area contributed by atoms with Crippen LogP contribution < -0.4 is 10.1 Å². The Labute approximate surface area is 213 Å². The fraction of sp³-hybridized carbons (Fsp3) is 0.348. The third-order valence-electron chi connectivity index (χ3n) is 5.23. The highest BCUT2D eigenvalue weighted by molar-refractivity contribution is 7.21. The van der Waals surface area contributed by atoms with Crippen molar-refractivity contribution in [3.05, 3.63) is 51.5 Å². The van der Waals surface area contributed by atoms with Gasteiger partial charge in [-0.3, -0.25) is 14.5 Å². The second-order valence-electron chi connectivity index (χ2n) is 7.68. The molecule has 1 unspecified atom stereocenters. The van der Waals surface area contributed by atoms with Gasteiger partial charge in [-0.05, 0) is 19.5 Å². The minimum atomic E-state index is -4.46.